The molecule has 0 spiro atoms. The van der Waals surface area contributed by atoms with Gasteiger partial charge in [-0.15, -0.1) is 0 Å². The van der Waals surface area contributed by atoms with Crippen molar-refractivity contribution in [2.75, 3.05) is 7.11 Å². The lowest BCUT2D eigenvalue weighted by atomic mass is 9.89. The molecule has 0 saturated heterocycles. The molecule has 0 N–H and O–H groups in total. The van der Waals surface area contributed by atoms with Crippen molar-refractivity contribution in [1.82, 2.24) is 9.97 Å². The molecule has 0 bridgehead atoms. The molecule has 1 heterocycles. The molecule has 1 unspecified atom stereocenters. The highest BCUT2D eigenvalue weighted by Gasteiger charge is 2.19. The molecule has 17 heavy (non-hydrogen) atoms. The largest absolute Gasteiger partial charge is 0.467 e. The van der Waals surface area contributed by atoms with Crippen LogP contribution in [0.1, 0.15) is 12.0 Å². The molecule has 0 aliphatic heterocycles. The molecule has 0 amide bonds. The summed E-state index contributed by atoms with van der Waals surface area (Å²) >= 11 is 5.95. The van der Waals surface area contributed by atoms with Crippen LogP contribution in [0.5, 0.6) is 6.01 Å². The van der Waals surface area contributed by atoms with Gasteiger partial charge in [-0.2, -0.15) is 5.26 Å². The Balaban J connectivity index is 2.36. The van der Waals surface area contributed by atoms with E-state index in [0.717, 1.165) is 11.1 Å². The Labute approximate surface area is 104 Å². The number of nitrogens with zero attached hydrogens (tertiary/aromatic N) is 3. The fourth-order valence-corrected chi connectivity index (χ4v) is 1.85. The molecule has 86 valence electrons. The second kappa shape index (κ2) is 4.98. The van der Waals surface area contributed by atoms with Gasteiger partial charge in [-0.25, -0.2) is 9.97 Å². The number of aromatic nitrogens is 2. The summed E-state index contributed by atoms with van der Waals surface area (Å²) in [7, 11) is 1.51. The van der Waals surface area contributed by atoms with E-state index in [1.807, 2.05) is 6.08 Å². The van der Waals surface area contributed by atoms with Gasteiger partial charge >= 0.3 is 6.01 Å². The Morgan fingerprint density at radius 3 is 2.76 bits per heavy atom. The quantitative estimate of drug-likeness (QED) is 0.806. The molecule has 4 nitrogen and oxygen atoms in total. The van der Waals surface area contributed by atoms with Gasteiger partial charge in [0.15, 0.2) is 0 Å². The van der Waals surface area contributed by atoms with E-state index in [-0.39, 0.29) is 5.92 Å². The third kappa shape index (κ3) is 2.45. The van der Waals surface area contributed by atoms with Gasteiger partial charge in [-0.1, -0.05) is 17.7 Å². The molecule has 1 aliphatic carbocycles. The van der Waals surface area contributed by atoms with Gasteiger partial charge in [-0.05, 0) is 18.1 Å². The molecule has 0 aromatic carbocycles. The Bertz CT molecular complexity index is 514. The molecule has 0 fully saturated rings. The zero-order valence-electron chi connectivity index (χ0n) is 9.22. The molecule has 1 atom stereocenters. The fourth-order valence-electron chi connectivity index (χ4n) is 1.64. The monoisotopic (exact) mass is 247 g/mol. The number of halogens is 1. The van der Waals surface area contributed by atoms with Crippen molar-refractivity contribution in [2.24, 2.45) is 5.92 Å². The molecule has 0 saturated carbocycles. The van der Waals surface area contributed by atoms with Crippen molar-refractivity contribution in [1.29, 1.82) is 5.26 Å². The number of hydrogen-bond acceptors (Lipinski definition) is 4. The Morgan fingerprint density at radius 1 is 1.47 bits per heavy atom. The van der Waals surface area contributed by atoms with Crippen LogP contribution in [-0.2, 0) is 0 Å². The maximum absolute atomic E-state index is 9.08. The predicted molar refractivity (Wildman–Crippen MR) is 64.2 cm³/mol. The normalized spacial score (nSPS) is 19.0. The van der Waals surface area contributed by atoms with Crippen LogP contribution in [0.2, 0.25) is 0 Å². The zero-order valence-corrected chi connectivity index (χ0v) is 9.98. The minimum atomic E-state index is -0.200. The first-order chi connectivity index (χ1) is 8.24. The smallest absolute Gasteiger partial charge is 0.316 e. The number of allylic oxidation sites excluding steroid dienone is 4. The van der Waals surface area contributed by atoms with Gasteiger partial charge in [-0.3, -0.25) is 0 Å². The van der Waals surface area contributed by atoms with E-state index in [4.69, 9.17) is 21.6 Å². The summed E-state index contributed by atoms with van der Waals surface area (Å²) in [6, 6.07) is 2.55. The van der Waals surface area contributed by atoms with E-state index in [9.17, 15) is 0 Å². The van der Waals surface area contributed by atoms with Crippen LogP contribution in [0.15, 0.2) is 29.6 Å². The van der Waals surface area contributed by atoms with Crippen LogP contribution >= 0.6 is 11.6 Å². The maximum atomic E-state index is 9.08. The molecule has 5 heteroatoms. The number of hydrogen-bond donors (Lipinski definition) is 0. The van der Waals surface area contributed by atoms with Gasteiger partial charge in [0.25, 0.3) is 0 Å². The van der Waals surface area contributed by atoms with E-state index in [1.165, 1.54) is 7.11 Å². The van der Waals surface area contributed by atoms with Crippen LogP contribution in [0, 0.1) is 17.2 Å². The molecule has 0 radical (unpaired) electrons. The van der Waals surface area contributed by atoms with Gasteiger partial charge in [0, 0.05) is 23.0 Å². The molecule has 1 aromatic heterocycles. The third-order valence-electron chi connectivity index (χ3n) is 2.52. The highest BCUT2D eigenvalue weighted by Crippen LogP contribution is 2.32. The third-order valence-corrected chi connectivity index (χ3v) is 2.78. The molecule has 2 rings (SSSR count). The van der Waals surface area contributed by atoms with E-state index < -0.39 is 0 Å². The average Bonchev–Trinajstić information content (AvgIpc) is 2.39. The number of nitriles is 1. The Kier molecular flexibility index (Phi) is 3.40. The van der Waals surface area contributed by atoms with Crippen molar-refractivity contribution >= 4 is 17.2 Å². The second-order valence-electron chi connectivity index (χ2n) is 3.56. The minimum Gasteiger partial charge on any atom is -0.467 e. The lowest BCUT2D eigenvalue weighted by molar-refractivity contribution is 0.379. The van der Waals surface area contributed by atoms with Crippen molar-refractivity contribution < 1.29 is 4.74 Å². The maximum Gasteiger partial charge on any atom is 0.316 e. The van der Waals surface area contributed by atoms with Crippen molar-refractivity contribution in [3.63, 3.8) is 0 Å². The first-order valence-corrected chi connectivity index (χ1v) is 5.45. The summed E-state index contributed by atoms with van der Waals surface area (Å²) in [5.74, 6) is -0.200. The fraction of sp³-hybridized carbons (Fsp3) is 0.250. The van der Waals surface area contributed by atoms with Crippen LogP contribution < -0.4 is 4.74 Å². The number of rotatable bonds is 2. The molecular formula is C12H10ClN3O. The van der Waals surface area contributed by atoms with Crippen LogP contribution in [0.4, 0.5) is 0 Å². The summed E-state index contributed by atoms with van der Waals surface area (Å²) in [4.78, 5) is 8.04. The lowest BCUT2D eigenvalue weighted by Gasteiger charge is -2.16. The predicted octanol–water partition coefficient (Wildman–Crippen LogP) is 2.53. The van der Waals surface area contributed by atoms with Crippen LogP contribution in [0.25, 0.3) is 5.57 Å². The zero-order chi connectivity index (χ0) is 12.3. The topological polar surface area (TPSA) is 58.8 Å². The van der Waals surface area contributed by atoms with E-state index >= 15 is 0 Å². The van der Waals surface area contributed by atoms with Gasteiger partial charge < -0.3 is 4.74 Å². The number of ether oxygens (including phenoxy) is 1. The first-order valence-electron chi connectivity index (χ1n) is 5.08. The average molecular weight is 248 g/mol. The summed E-state index contributed by atoms with van der Waals surface area (Å²) < 4.78 is 4.89. The van der Waals surface area contributed by atoms with E-state index in [1.54, 1.807) is 18.5 Å². The second-order valence-corrected chi connectivity index (χ2v) is 4.00. The van der Waals surface area contributed by atoms with E-state index in [0.29, 0.717) is 17.5 Å². The van der Waals surface area contributed by atoms with Crippen LogP contribution in [-0.4, -0.2) is 17.1 Å². The van der Waals surface area contributed by atoms with Gasteiger partial charge in [0.2, 0.25) is 0 Å². The minimum absolute atomic E-state index is 0.200. The highest BCUT2D eigenvalue weighted by atomic mass is 35.5. The summed E-state index contributed by atoms with van der Waals surface area (Å²) in [5.41, 5.74) is 1.64. The number of methoxy groups -OCH3 is 1. The molecule has 1 aliphatic rings. The lowest BCUT2D eigenvalue weighted by Crippen LogP contribution is -2.05. The summed E-state index contributed by atoms with van der Waals surface area (Å²) in [5, 5.41) is 9.72. The summed E-state index contributed by atoms with van der Waals surface area (Å²) in [6.45, 7) is 0. The summed E-state index contributed by atoms with van der Waals surface area (Å²) in [6.07, 6.45) is 7.51. The van der Waals surface area contributed by atoms with Gasteiger partial charge in [0.1, 0.15) is 0 Å². The van der Waals surface area contributed by atoms with E-state index in [2.05, 4.69) is 16.0 Å². The molecule has 1 aromatic rings. The highest BCUT2D eigenvalue weighted by molar-refractivity contribution is 6.31. The molecular weight excluding hydrogens is 238 g/mol. The van der Waals surface area contributed by atoms with Gasteiger partial charge in [0.05, 0.1) is 19.1 Å². The Hall–Kier alpha value is -1.86. The van der Waals surface area contributed by atoms with Crippen molar-refractivity contribution in [2.45, 2.75) is 6.42 Å². The van der Waals surface area contributed by atoms with Crippen molar-refractivity contribution in [3.8, 4) is 12.1 Å². The first kappa shape index (κ1) is 11.6. The Morgan fingerprint density at radius 2 is 2.18 bits per heavy atom. The van der Waals surface area contributed by atoms with Crippen LogP contribution in [0.3, 0.4) is 0 Å². The van der Waals surface area contributed by atoms with Crippen molar-refractivity contribution in [3.05, 3.63) is 35.1 Å². The SMILES string of the molecule is COc1ncc(C2=CC(Cl)=CCC2C#N)cn1. The standard InChI is InChI=1S/C12H10ClN3O/c1-17-12-15-6-9(7-16-12)11-4-10(13)3-2-8(11)5-14/h3-4,6-8H,2H2,1H3.